The summed E-state index contributed by atoms with van der Waals surface area (Å²) in [7, 11) is 0. The number of nitro groups is 1. The molecule has 0 N–H and O–H groups in total. The minimum absolute atomic E-state index is 0.110. The van der Waals surface area contributed by atoms with Crippen molar-refractivity contribution >= 4 is 5.69 Å². The number of rotatable bonds is 3. The zero-order chi connectivity index (χ0) is 10.8. The highest BCUT2D eigenvalue weighted by atomic mass is 17.2. The highest BCUT2D eigenvalue weighted by Crippen LogP contribution is 2.37. The summed E-state index contributed by atoms with van der Waals surface area (Å²) in [6.07, 6.45) is 0. The minimum atomic E-state index is -0.507. The first kappa shape index (κ1) is 9.72. The van der Waals surface area contributed by atoms with Crippen molar-refractivity contribution < 1.29 is 19.4 Å². The molecule has 0 aromatic heterocycles. The molecule has 0 radical (unpaired) electrons. The van der Waals surface area contributed by atoms with Gasteiger partial charge in [0.2, 0.25) is 0 Å². The van der Waals surface area contributed by atoms with Crippen molar-refractivity contribution in [3.8, 4) is 11.5 Å². The molecule has 1 aromatic rings. The summed E-state index contributed by atoms with van der Waals surface area (Å²) in [4.78, 5) is 19.7. The molecule has 0 bridgehead atoms. The number of nitro benzene ring substituents is 1. The molecule has 0 atom stereocenters. The molecule has 0 aliphatic carbocycles. The number of nitrogens with zero attached hydrogens (tertiary/aromatic N) is 1. The molecule has 0 spiro atoms. The molecule has 0 unspecified atom stereocenters. The highest BCUT2D eigenvalue weighted by molar-refractivity contribution is 5.55. The standard InChI is InChI=1S/C9H9NO5/c1-2-13-9-3-6-5-14-15-8(6)4-7(9)10(11)12/h3-4H,2,5H2,1H3. The maximum Gasteiger partial charge on any atom is 0.314 e. The molecule has 1 aliphatic rings. The van der Waals surface area contributed by atoms with E-state index in [0.717, 1.165) is 5.56 Å². The van der Waals surface area contributed by atoms with Crippen molar-refractivity contribution in [1.82, 2.24) is 0 Å². The van der Waals surface area contributed by atoms with Crippen LogP contribution in [-0.4, -0.2) is 11.5 Å². The molecule has 15 heavy (non-hydrogen) atoms. The molecule has 6 heteroatoms. The van der Waals surface area contributed by atoms with Crippen LogP contribution < -0.4 is 9.62 Å². The summed E-state index contributed by atoms with van der Waals surface area (Å²) in [6.45, 7) is 2.43. The smallest absolute Gasteiger partial charge is 0.314 e. The third-order valence-corrected chi connectivity index (χ3v) is 2.00. The molecule has 1 aliphatic heterocycles. The highest BCUT2D eigenvalue weighted by Gasteiger charge is 2.24. The van der Waals surface area contributed by atoms with E-state index in [1.807, 2.05) is 0 Å². The Morgan fingerprint density at radius 1 is 1.60 bits per heavy atom. The van der Waals surface area contributed by atoms with Crippen LogP contribution in [0, 0.1) is 10.1 Å². The van der Waals surface area contributed by atoms with Gasteiger partial charge in [0, 0.05) is 5.56 Å². The zero-order valence-electron chi connectivity index (χ0n) is 8.06. The lowest BCUT2D eigenvalue weighted by Crippen LogP contribution is -1.98. The molecule has 2 rings (SSSR count). The van der Waals surface area contributed by atoms with Crippen molar-refractivity contribution in [3.63, 3.8) is 0 Å². The van der Waals surface area contributed by atoms with Gasteiger partial charge in [0.15, 0.2) is 11.5 Å². The average molecular weight is 211 g/mol. The minimum Gasteiger partial charge on any atom is -0.487 e. The monoisotopic (exact) mass is 211 g/mol. The van der Waals surface area contributed by atoms with Gasteiger partial charge in [0.1, 0.15) is 6.61 Å². The van der Waals surface area contributed by atoms with Crippen LogP contribution in [0.4, 0.5) is 5.69 Å². The second kappa shape index (κ2) is 3.74. The van der Waals surface area contributed by atoms with Crippen LogP contribution in [-0.2, 0) is 11.5 Å². The van der Waals surface area contributed by atoms with Gasteiger partial charge in [0.25, 0.3) is 0 Å². The van der Waals surface area contributed by atoms with Crippen molar-refractivity contribution in [2.24, 2.45) is 0 Å². The lowest BCUT2D eigenvalue weighted by molar-refractivity contribution is -0.386. The normalized spacial score (nSPS) is 13.1. The topological polar surface area (TPSA) is 70.8 Å². The summed E-state index contributed by atoms with van der Waals surface area (Å²) in [5, 5.41) is 10.7. The number of hydrogen-bond acceptors (Lipinski definition) is 5. The first-order valence-corrected chi connectivity index (χ1v) is 4.46. The number of ether oxygens (including phenoxy) is 1. The van der Waals surface area contributed by atoms with Gasteiger partial charge in [-0.25, -0.2) is 0 Å². The Hall–Kier alpha value is -1.82. The lowest BCUT2D eigenvalue weighted by Gasteiger charge is -2.04. The van der Waals surface area contributed by atoms with E-state index in [9.17, 15) is 10.1 Å². The van der Waals surface area contributed by atoms with Gasteiger partial charge in [-0.3, -0.25) is 10.1 Å². The van der Waals surface area contributed by atoms with Crippen molar-refractivity contribution in [1.29, 1.82) is 0 Å². The third-order valence-electron chi connectivity index (χ3n) is 2.00. The molecule has 1 aromatic carbocycles. The summed E-state index contributed by atoms with van der Waals surface area (Å²) in [5.41, 5.74) is 0.644. The Kier molecular flexibility index (Phi) is 2.42. The summed E-state index contributed by atoms with van der Waals surface area (Å²) in [6, 6.07) is 2.89. The van der Waals surface area contributed by atoms with Crippen LogP contribution in [0.2, 0.25) is 0 Å². The van der Waals surface area contributed by atoms with Crippen molar-refractivity contribution in [3.05, 3.63) is 27.8 Å². The van der Waals surface area contributed by atoms with Crippen LogP contribution >= 0.6 is 0 Å². The summed E-state index contributed by atoms with van der Waals surface area (Å²) < 4.78 is 5.17. The van der Waals surface area contributed by atoms with Gasteiger partial charge in [0.05, 0.1) is 17.6 Å². The Labute approximate surface area is 85.4 Å². The number of benzene rings is 1. The Morgan fingerprint density at radius 2 is 2.40 bits per heavy atom. The first-order chi connectivity index (χ1) is 7.22. The fourth-order valence-corrected chi connectivity index (χ4v) is 1.35. The van der Waals surface area contributed by atoms with Gasteiger partial charge in [-0.15, -0.1) is 0 Å². The maximum absolute atomic E-state index is 10.7. The van der Waals surface area contributed by atoms with Crippen LogP contribution in [0.3, 0.4) is 0 Å². The number of fused-ring (bicyclic) bond motifs is 1. The van der Waals surface area contributed by atoms with Gasteiger partial charge < -0.3 is 9.62 Å². The predicted octanol–water partition coefficient (Wildman–Crippen LogP) is 1.82. The molecule has 6 nitrogen and oxygen atoms in total. The molecule has 80 valence electrons. The van der Waals surface area contributed by atoms with Crippen LogP contribution in [0.5, 0.6) is 11.5 Å². The molecular formula is C9H9NO5. The summed E-state index contributed by atoms with van der Waals surface area (Å²) >= 11 is 0. The molecular weight excluding hydrogens is 202 g/mol. The van der Waals surface area contributed by atoms with E-state index < -0.39 is 4.92 Å². The molecule has 0 saturated carbocycles. The number of hydrogen-bond donors (Lipinski definition) is 0. The second-order valence-electron chi connectivity index (χ2n) is 2.96. The quantitative estimate of drug-likeness (QED) is 0.433. The van der Waals surface area contributed by atoms with Gasteiger partial charge in [-0.2, -0.15) is 4.89 Å². The summed E-state index contributed by atoms with van der Waals surface area (Å²) in [5.74, 6) is 0.625. The molecule has 0 saturated heterocycles. The third kappa shape index (κ3) is 1.71. The second-order valence-corrected chi connectivity index (χ2v) is 2.96. The maximum atomic E-state index is 10.7. The Balaban J connectivity index is 2.47. The van der Waals surface area contributed by atoms with E-state index in [2.05, 4.69) is 0 Å². The Morgan fingerprint density at radius 3 is 3.07 bits per heavy atom. The van der Waals surface area contributed by atoms with Crippen LogP contribution in [0.1, 0.15) is 12.5 Å². The lowest BCUT2D eigenvalue weighted by atomic mass is 10.2. The van der Waals surface area contributed by atoms with Crippen molar-refractivity contribution in [2.45, 2.75) is 13.5 Å². The van der Waals surface area contributed by atoms with Crippen LogP contribution in [0.25, 0.3) is 0 Å². The molecule has 1 heterocycles. The zero-order valence-corrected chi connectivity index (χ0v) is 8.06. The molecule has 0 amide bonds. The molecule has 0 fully saturated rings. The van der Waals surface area contributed by atoms with E-state index in [1.165, 1.54) is 6.07 Å². The van der Waals surface area contributed by atoms with Crippen LogP contribution in [0.15, 0.2) is 12.1 Å². The Bertz CT molecular complexity index is 404. The fourth-order valence-electron chi connectivity index (χ4n) is 1.35. The van der Waals surface area contributed by atoms with Gasteiger partial charge >= 0.3 is 5.69 Å². The average Bonchev–Trinajstić information content (AvgIpc) is 2.63. The van der Waals surface area contributed by atoms with E-state index in [1.54, 1.807) is 13.0 Å². The first-order valence-electron chi connectivity index (χ1n) is 4.46. The van der Waals surface area contributed by atoms with E-state index in [-0.39, 0.29) is 18.0 Å². The van der Waals surface area contributed by atoms with E-state index in [0.29, 0.717) is 12.4 Å². The van der Waals surface area contributed by atoms with Gasteiger partial charge in [-0.05, 0) is 13.0 Å². The predicted molar refractivity (Wildman–Crippen MR) is 49.7 cm³/mol. The largest absolute Gasteiger partial charge is 0.487 e. The van der Waals surface area contributed by atoms with E-state index >= 15 is 0 Å². The van der Waals surface area contributed by atoms with Crippen molar-refractivity contribution in [2.75, 3.05) is 6.61 Å². The SMILES string of the molecule is CCOc1cc2c(cc1[N+](=O)[O-])OOC2. The van der Waals surface area contributed by atoms with Gasteiger partial charge in [-0.1, -0.05) is 0 Å². The van der Waals surface area contributed by atoms with E-state index in [4.69, 9.17) is 14.5 Å². The fraction of sp³-hybridized carbons (Fsp3) is 0.333.